The Morgan fingerprint density at radius 1 is 1.06 bits per heavy atom. The minimum atomic E-state index is -0.855. The second-order valence-electron chi connectivity index (χ2n) is 9.72. The van der Waals surface area contributed by atoms with Gasteiger partial charge in [-0.3, -0.25) is 4.79 Å². The molecule has 0 radical (unpaired) electrons. The van der Waals surface area contributed by atoms with E-state index in [4.69, 9.17) is 20.0 Å². The maximum atomic E-state index is 12.6. The molecule has 4 N–H and O–H groups in total. The number of amides is 3. The number of unbranched alkanes of at least 4 members (excludes halogenated alkanes) is 1. The average molecular weight is 507 g/mol. The van der Waals surface area contributed by atoms with Crippen LogP contribution in [0.25, 0.3) is 0 Å². The fourth-order valence-electron chi connectivity index (χ4n) is 3.62. The molecular weight excluding hydrogens is 468 g/mol. The van der Waals surface area contributed by atoms with Gasteiger partial charge < -0.3 is 30.3 Å². The molecule has 0 saturated carbocycles. The molecule has 1 aliphatic heterocycles. The Morgan fingerprint density at radius 2 is 1.72 bits per heavy atom. The third-order valence-corrected chi connectivity index (χ3v) is 5.51. The van der Waals surface area contributed by atoms with Crippen LogP contribution in [0, 0.1) is 5.92 Å². The van der Waals surface area contributed by atoms with Crippen LogP contribution < -0.4 is 16.5 Å². The first-order valence-corrected chi connectivity index (χ1v) is 12.2. The molecule has 1 atom stereocenters. The number of rotatable bonds is 9. The molecule has 11 nitrogen and oxygen atoms in total. The Labute approximate surface area is 211 Å². The molecule has 0 aliphatic carbocycles. The highest BCUT2D eigenvalue weighted by molar-refractivity contribution is 5.82. The fraction of sp³-hybridized carbons (Fsp3) is 0.600. The zero-order valence-electron chi connectivity index (χ0n) is 21.3. The highest BCUT2D eigenvalue weighted by Crippen LogP contribution is 2.19. The van der Waals surface area contributed by atoms with Gasteiger partial charge in [0.1, 0.15) is 12.2 Å². The van der Waals surface area contributed by atoms with Crippen molar-refractivity contribution < 1.29 is 33.5 Å². The minimum absolute atomic E-state index is 0.0607. The Morgan fingerprint density at radius 3 is 2.36 bits per heavy atom. The molecule has 2 rings (SSSR count). The number of hydrogen-bond donors (Lipinski definition) is 3. The lowest BCUT2D eigenvalue weighted by Crippen LogP contribution is -2.48. The van der Waals surface area contributed by atoms with Crippen LogP contribution in [-0.2, 0) is 30.5 Å². The van der Waals surface area contributed by atoms with Crippen LogP contribution in [0.2, 0.25) is 0 Å². The Hall–Kier alpha value is -3.34. The van der Waals surface area contributed by atoms with Gasteiger partial charge in [0.15, 0.2) is 0 Å². The van der Waals surface area contributed by atoms with E-state index < -0.39 is 35.7 Å². The van der Waals surface area contributed by atoms with Crippen LogP contribution in [0.1, 0.15) is 58.4 Å². The van der Waals surface area contributed by atoms with E-state index in [0.717, 1.165) is 5.56 Å². The van der Waals surface area contributed by atoms with E-state index in [1.54, 1.807) is 25.7 Å². The molecule has 1 unspecified atom stereocenters. The maximum Gasteiger partial charge on any atom is 0.441 e. The van der Waals surface area contributed by atoms with Gasteiger partial charge in [-0.05, 0) is 58.4 Å². The van der Waals surface area contributed by atoms with Gasteiger partial charge in [-0.15, -0.1) is 5.48 Å². The standard InChI is InChI=1S/C25H38N4O7/c1-25(2,3)35-23(32)27-14-8-7-11-20(26)21(30)29-15-12-19(13-16-29)22(31)36-28-24(33)34-17-18-9-5-4-6-10-18/h4-6,9-10,19-20H,7-8,11-17,26H2,1-3H3,(H,27,32)(H,28,33). The average Bonchev–Trinajstić information content (AvgIpc) is 2.84. The van der Waals surface area contributed by atoms with Gasteiger partial charge in [0.2, 0.25) is 5.91 Å². The normalized spacial score (nSPS) is 14.9. The van der Waals surface area contributed by atoms with E-state index in [2.05, 4.69) is 5.32 Å². The molecule has 1 saturated heterocycles. The summed E-state index contributed by atoms with van der Waals surface area (Å²) in [5.41, 5.74) is 8.34. The van der Waals surface area contributed by atoms with E-state index in [1.807, 2.05) is 35.8 Å². The molecule has 0 spiro atoms. The van der Waals surface area contributed by atoms with E-state index >= 15 is 0 Å². The molecule has 1 aromatic carbocycles. The van der Waals surface area contributed by atoms with Crippen LogP contribution >= 0.6 is 0 Å². The first-order valence-electron chi connectivity index (χ1n) is 12.2. The van der Waals surface area contributed by atoms with Gasteiger partial charge >= 0.3 is 18.2 Å². The Balaban J connectivity index is 1.58. The van der Waals surface area contributed by atoms with Crippen molar-refractivity contribution in [2.45, 2.75) is 71.1 Å². The van der Waals surface area contributed by atoms with Crippen molar-refractivity contribution in [3.05, 3.63) is 35.9 Å². The van der Waals surface area contributed by atoms with Crippen molar-refractivity contribution in [2.24, 2.45) is 11.7 Å². The Bertz CT molecular complexity index is 865. The summed E-state index contributed by atoms with van der Waals surface area (Å²) in [6.07, 6.45) is 1.35. The minimum Gasteiger partial charge on any atom is -0.444 e. The smallest absolute Gasteiger partial charge is 0.441 e. The number of carbonyl (C=O) groups is 4. The number of nitrogens with zero attached hydrogens (tertiary/aromatic N) is 1. The molecule has 3 amide bonds. The highest BCUT2D eigenvalue weighted by atomic mass is 16.7. The van der Waals surface area contributed by atoms with E-state index in [1.165, 1.54) is 0 Å². The van der Waals surface area contributed by atoms with Crippen molar-refractivity contribution in [2.75, 3.05) is 19.6 Å². The summed E-state index contributed by atoms with van der Waals surface area (Å²) >= 11 is 0. The molecule has 0 aromatic heterocycles. The van der Waals surface area contributed by atoms with Gasteiger partial charge in [0.05, 0.1) is 12.0 Å². The van der Waals surface area contributed by atoms with Gasteiger partial charge in [-0.2, -0.15) is 0 Å². The molecule has 1 fully saturated rings. The third kappa shape index (κ3) is 10.9. The third-order valence-electron chi connectivity index (χ3n) is 5.51. The van der Waals surface area contributed by atoms with Crippen molar-refractivity contribution in [3.8, 4) is 0 Å². The molecule has 11 heteroatoms. The number of nitrogens with one attached hydrogen (secondary N) is 2. The summed E-state index contributed by atoms with van der Waals surface area (Å²) < 4.78 is 10.2. The zero-order chi connectivity index (χ0) is 26.6. The quantitative estimate of drug-likeness (QED) is 0.263. The first-order chi connectivity index (χ1) is 17.0. The number of hydroxylamine groups is 1. The molecule has 200 valence electrons. The molecule has 1 aliphatic rings. The molecule has 36 heavy (non-hydrogen) atoms. The van der Waals surface area contributed by atoms with Gasteiger partial charge in [-0.25, -0.2) is 14.4 Å². The summed E-state index contributed by atoms with van der Waals surface area (Å²) in [4.78, 5) is 54.8. The number of carbonyl (C=O) groups excluding carboxylic acids is 4. The van der Waals surface area contributed by atoms with E-state index in [0.29, 0.717) is 51.7 Å². The van der Waals surface area contributed by atoms with Crippen LogP contribution in [-0.4, -0.2) is 60.2 Å². The number of likely N-dealkylation sites (tertiary alicyclic amines) is 1. The predicted octanol–water partition coefficient (Wildman–Crippen LogP) is 2.63. The summed E-state index contributed by atoms with van der Waals surface area (Å²) in [6, 6.07) is 8.48. The number of nitrogens with two attached hydrogens (primary N) is 1. The van der Waals surface area contributed by atoms with Crippen LogP contribution in [0.15, 0.2) is 30.3 Å². The van der Waals surface area contributed by atoms with Gasteiger partial charge in [0, 0.05) is 19.6 Å². The lowest BCUT2D eigenvalue weighted by atomic mass is 9.96. The number of benzene rings is 1. The number of alkyl carbamates (subject to hydrolysis) is 1. The Kier molecular flexibility index (Phi) is 11.5. The highest BCUT2D eigenvalue weighted by Gasteiger charge is 2.31. The van der Waals surface area contributed by atoms with Crippen LogP contribution in [0.3, 0.4) is 0 Å². The summed E-state index contributed by atoms with van der Waals surface area (Å²) in [5, 5.41) is 2.68. The maximum absolute atomic E-state index is 12.6. The number of piperidine rings is 1. The largest absolute Gasteiger partial charge is 0.444 e. The summed E-state index contributed by atoms with van der Waals surface area (Å²) in [5.74, 6) is -1.16. The monoisotopic (exact) mass is 506 g/mol. The second kappa shape index (κ2) is 14.3. The number of ether oxygens (including phenoxy) is 2. The first kappa shape index (κ1) is 28.9. The van der Waals surface area contributed by atoms with Crippen molar-refractivity contribution in [1.82, 2.24) is 15.7 Å². The van der Waals surface area contributed by atoms with E-state index in [9.17, 15) is 19.2 Å². The SMILES string of the molecule is CC(C)(C)OC(=O)NCCCCC(N)C(=O)N1CCC(C(=O)ONC(=O)OCc2ccccc2)CC1. The van der Waals surface area contributed by atoms with Crippen LogP contribution in [0.5, 0.6) is 0 Å². The molecular formula is C25H38N4O7. The molecule has 1 heterocycles. The fourth-order valence-corrected chi connectivity index (χ4v) is 3.62. The van der Waals surface area contributed by atoms with Crippen molar-refractivity contribution in [3.63, 3.8) is 0 Å². The summed E-state index contributed by atoms with van der Waals surface area (Å²) in [7, 11) is 0. The van der Waals surface area contributed by atoms with Crippen molar-refractivity contribution >= 4 is 24.1 Å². The van der Waals surface area contributed by atoms with Gasteiger partial charge in [0.25, 0.3) is 0 Å². The molecule has 1 aromatic rings. The second-order valence-corrected chi connectivity index (χ2v) is 9.72. The molecule has 0 bridgehead atoms. The predicted molar refractivity (Wildman–Crippen MR) is 131 cm³/mol. The van der Waals surface area contributed by atoms with Gasteiger partial charge in [-0.1, -0.05) is 30.3 Å². The van der Waals surface area contributed by atoms with Crippen LogP contribution in [0.4, 0.5) is 9.59 Å². The van der Waals surface area contributed by atoms with E-state index in [-0.39, 0.29) is 12.5 Å². The van der Waals surface area contributed by atoms with Crippen molar-refractivity contribution in [1.29, 1.82) is 0 Å². The summed E-state index contributed by atoms with van der Waals surface area (Å²) in [6.45, 7) is 6.65. The number of hydrogen-bond acceptors (Lipinski definition) is 8. The lowest BCUT2D eigenvalue weighted by Gasteiger charge is -2.32. The topological polar surface area (TPSA) is 149 Å². The lowest BCUT2D eigenvalue weighted by molar-refractivity contribution is -0.157. The zero-order valence-corrected chi connectivity index (χ0v) is 21.3.